The minimum Gasteiger partial charge on any atom is -0.479 e. The summed E-state index contributed by atoms with van der Waals surface area (Å²) in [5, 5.41) is 19.8. The summed E-state index contributed by atoms with van der Waals surface area (Å²) in [4.78, 5) is 41.5. The molecule has 1 amide bonds. The third-order valence-electron chi connectivity index (χ3n) is 5.25. The summed E-state index contributed by atoms with van der Waals surface area (Å²) in [7, 11) is 0. The molecule has 11 heteroatoms. The summed E-state index contributed by atoms with van der Waals surface area (Å²) in [5.41, 5.74) is -2.32. The number of hydrogen-bond acceptors (Lipinski definition) is 8. The number of carbonyl (C=O) groups is 2. The number of amides is 1. The van der Waals surface area contributed by atoms with Crippen molar-refractivity contribution in [3.05, 3.63) is 10.1 Å². The Hall–Kier alpha value is -2.14. The van der Waals surface area contributed by atoms with Gasteiger partial charge in [0.05, 0.1) is 19.3 Å². The number of aliphatic carboxylic acids is 1. The molecule has 3 heterocycles. The first-order chi connectivity index (χ1) is 12.6. The predicted octanol–water partition coefficient (Wildman–Crippen LogP) is 0.831. The standard InChI is InChI=1S/C16H24N2O9/c1-15(2,3)26-14(21)17-6-4-5-16(17,13(19)20)9-7-24-12-10(27-18(22)23)8-25-11(9)12/h9-12H,4-8H2,1-3H3,(H,19,20)/t9-,10+,11-,12+,16-/m0/s1. The molecule has 0 unspecified atom stereocenters. The predicted molar refractivity (Wildman–Crippen MR) is 87.4 cm³/mol. The van der Waals surface area contributed by atoms with Crippen LogP contribution < -0.4 is 0 Å². The van der Waals surface area contributed by atoms with Crippen LogP contribution in [0.2, 0.25) is 0 Å². The topological polar surface area (TPSA) is 138 Å². The van der Waals surface area contributed by atoms with E-state index in [1.165, 1.54) is 4.90 Å². The molecule has 0 saturated carbocycles. The Morgan fingerprint density at radius 1 is 1.26 bits per heavy atom. The Kier molecular flexibility index (Phi) is 4.93. The molecule has 0 aliphatic carbocycles. The van der Waals surface area contributed by atoms with Gasteiger partial charge in [0.15, 0.2) is 11.6 Å². The molecule has 11 nitrogen and oxygen atoms in total. The minimum atomic E-state index is -1.55. The van der Waals surface area contributed by atoms with Gasteiger partial charge in [0.25, 0.3) is 5.09 Å². The highest BCUT2D eigenvalue weighted by molar-refractivity contribution is 5.86. The van der Waals surface area contributed by atoms with Crippen LogP contribution in [0, 0.1) is 16.0 Å². The first-order valence-electron chi connectivity index (χ1n) is 8.84. The van der Waals surface area contributed by atoms with E-state index in [0.29, 0.717) is 6.42 Å². The van der Waals surface area contributed by atoms with E-state index in [9.17, 15) is 24.8 Å². The smallest absolute Gasteiger partial charge is 0.411 e. The third kappa shape index (κ3) is 3.41. The average molecular weight is 388 g/mol. The van der Waals surface area contributed by atoms with E-state index < -0.39 is 52.5 Å². The van der Waals surface area contributed by atoms with Crippen LogP contribution in [0.1, 0.15) is 33.6 Å². The van der Waals surface area contributed by atoms with E-state index in [2.05, 4.69) is 4.84 Å². The number of hydrogen-bond donors (Lipinski definition) is 1. The number of ether oxygens (including phenoxy) is 3. The van der Waals surface area contributed by atoms with Crippen LogP contribution in [-0.2, 0) is 23.8 Å². The van der Waals surface area contributed by atoms with Gasteiger partial charge in [-0.3, -0.25) is 4.90 Å². The Bertz CT molecular complexity index is 634. The van der Waals surface area contributed by atoms with E-state index in [1.54, 1.807) is 20.8 Å². The van der Waals surface area contributed by atoms with Crippen LogP contribution in [0.5, 0.6) is 0 Å². The number of nitrogens with zero attached hydrogens (tertiary/aromatic N) is 2. The van der Waals surface area contributed by atoms with E-state index in [4.69, 9.17) is 14.2 Å². The number of carbonyl (C=O) groups excluding carboxylic acids is 1. The van der Waals surface area contributed by atoms with Crippen molar-refractivity contribution in [2.45, 2.75) is 63.1 Å². The highest BCUT2D eigenvalue weighted by Gasteiger charge is 2.64. The summed E-state index contributed by atoms with van der Waals surface area (Å²) < 4.78 is 16.6. The highest BCUT2D eigenvalue weighted by atomic mass is 17.0. The van der Waals surface area contributed by atoms with E-state index in [0.717, 1.165) is 0 Å². The van der Waals surface area contributed by atoms with Crippen molar-refractivity contribution >= 4 is 12.1 Å². The maximum absolute atomic E-state index is 12.7. The number of rotatable bonds is 4. The van der Waals surface area contributed by atoms with Crippen LogP contribution >= 0.6 is 0 Å². The van der Waals surface area contributed by atoms with Crippen molar-refractivity contribution in [3.8, 4) is 0 Å². The van der Waals surface area contributed by atoms with Crippen molar-refractivity contribution in [2.75, 3.05) is 19.8 Å². The maximum Gasteiger partial charge on any atom is 0.411 e. The normalized spacial score (nSPS) is 35.7. The Morgan fingerprint density at radius 2 is 1.93 bits per heavy atom. The molecule has 1 N–H and O–H groups in total. The fourth-order valence-electron chi connectivity index (χ4n) is 4.25. The molecular weight excluding hydrogens is 364 g/mol. The molecule has 0 aromatic rings. The summed E-state index contributed by atoms with van der Waals surface area (Å²) in [5.74, 6) is -1.85. The second kappa shape index (κ2) is 6.79. The zero-order valence-corrected chi connectivity index (χ0v) is 15.5. The molecule has 3 aliphatic rings. The zero-order chi connectivity index (χ0) is 20.0. The summed E-state index contributed by atoms with van der Waals surface area (Å²) >= 11 is 0. The second-order valence-electron chi connectivity index (χ2n) is 8.03. The quantitative estimate of drug-likeness (QED) is 0.548. The van der Waals surface area contributed by atoms with Crippen molar-refractivity contribution in [1.29, 1.82) is 0 Å². The minimum absolute atomic E-state index is 0.00148. The van der Waals surface area contributed by atoms with Crippen molar-refractivity contribution < 1.29 is 38.8 Å². The van der Waals surface area contributed by atoms with Crippen LogP contribution in [0.25, 0.3) is 0 Å². The molecule has 0 radical (unpaired) electrons. The monoisotopic (exact) mass is 388 g/mol. The van der Waals surface area contributed by atoms with E-state index >= 15 is 0 Å². The zero-order valence-electron chi connectivity index (χ0n) is 15.5. The highest BCUT2D eigenvalue weighted by Crippen LogP contribution is 2.46. The first-order valence-corrected chi connectivity index (χ1v) is 8.84. The molecule has 3 rings (SSSR count). The Balaban J connectivity index is 1.86. The lowest BCUT2D eigenvalue weighted by Gasteiger charge is -2.40. The van der Waals surface area contributed by atoms with Gasteiger partial charge in [-0.25, -0.2) is 9.59 Å². The van der Waals surface area contributed by atoms with Crippen LogP contribution in [0.15, 0.2) is 0 Å². The third-order valence-corrected chi connectivity index (χ3v) is 5.25. The average Bonchev–Trinajstić information content (AvgIpc) is 3.20. The SMILES string of the molecule is CC(C)(C)OC(=O)N1CCC[C@@]1(C(=O)O)[C@H]1CO[C@H]2[C@H]1OC[C@H]2O[N+](=O)[O-]. The van der Waals surface area contributed by atoms with Gasteiger partial charge >= 0.3 is 12.1 Å². The Morgan fingerprint density at radius 3 is 2.52 bits per heavy atom. The second-order valence-corrected chi connectivity index (χ2v) is 8.03. The summed E-state index contributed by atoms with van der Waals surface area (Å²) in [6, 6.07) is 0. The van der Waals surface area contributed by atoms with Gasteiger partial charge in [-0.2, -0.15) is 0 Å². The number of carboxylic acids is 1. The molecule has 0 aromatic heterocycles. The van der Waals surface area contributed by atoms with Gasteiger partial charge in [0.1, 0.15) is 11.7 Å². The molecule has 0 bridgehead atoms. The number of fused-ring (bicyclic) bond motifs is 1. The number of likely N-dealkylation sites (tertiary alicyclic amines) is 1. The molecule has 0 aromatic carbocycles. The molecule has 152 valence electrons. The van der Waals surface area contributed by atoms with E-state index in [1.807, 2.05) is 0 Å². The lowest BCUT2D eigenvalue weighted by atomic mass is 9.78. The van der Waals surface area contributed by atoms with Gasteiger partial charge in [-0.1, -0.05) is 0 Å². The molecule has 5 atom stereocenters. The van der Waals surface area contributed by atoms with Crippen LogP contribution in [0.4, 0.5) is 4.79 Å². The van der Waals surface area contributed by atoms with Gasteiger partial charge in [-0.05, 0) is 33.6 Å². The fraction of sp³-hybridized carbons (Fsp3) is 0.875. The van der Waals surface area contributed by atoms with Gasteiger partial charge in [-0.15, -0.1) is 10.1 Å². The first kappa shape index (κ1) is 19.6. The molecular formula is C16H24N2O9. The van der Waals surface area contributed by atoms with Gasteiger partial charge in [0.2, 0.25) is 0 Å². The maximum atomic E-state index is 12.7. The van der Waals surface area contributed by atoms with Crippen LogP contribution in [0.3, 0.4) is 0 Å². The van der Waals surface area contributed by atoms with Gasteiger partial charge in [0, 0.05) is 12.5 Å². The summed E-state index contributed by atoms with van der Waals surface area (Å²) in [6.45, 7) is 5.28. The lowest BCUT2D eigenvalue weighted by molar-refractivity contribution is -0.769. The largest absolute Gasteiger partial charge is 0.479 e. The number of carboxylic acid groups (broad SMARTS) is 1. The molecule has 3 aliphatic heterocycles. The summed E-state index contributed by atoms with van der Waals surface area (Å²) in [6.07, 6.45) is -2.37. The Labute approximate surface area is 155 Å². The molecule has 27 heavy (non-hydrogen) atoms. The lowest BCUT2D eigenvalue weighted by Crippen LogP contribution is -2.61. The van der Waals surface area contributed by atoms with Crippen molar-refractivity contribution in [2.24, 2.45) is 5.92 Å². The van der Waals surface area contributed by atoms with Crippen molar-refractivity contribution in [3.63, 3.8) is 0 Å². The van der Waals surface area contributed by atoms with E-state index in [-0.39, 0.29) is 26.2 Å². The molecule has 3 fully saturated rings. The fourth-order valence-corrected chi connectivity index (χ4v) is 4.25. The van der Waals surface area contributed by atoms with Crippen LogP contribution in [-0.4, -0.2) is 76.4 Å². The molecule has 0 spiro atoms. The van der Waals surface area contributed by atoms with Crippen molar-refractivity contribution in [1.82, 2.24) is 4.90 Å². The molecule has 3 saturated heterocycles. The van der Waals surface area contributed by atoms with Gasteiger partial charge < -0.3 is 24.2 Å².